The molecular weight excluding hydrogens is 394 g/mol. The van der Waals surface area contributed by atoms with E-state index in [1.165, 1.54) is 45.2 Å². The molecule has 0 spiro atoms. The summed E-state index contributed by atoms with van der Waals surface area (Å²) in [4.78, 5) is 17.8. The molecule has 3 atom stereocenters. The van der Waals surface area contributed by atoms with Gasteiger partial charge in [0.15, 0.2) is 17.6 Å². The Bertz CT molecular complexity index is 714. The van der Waals surface area contributed by atoms with Gasteiger partial charge < -0.3 is 29.3 Å². The SMILES string of the molecule is COCCCN(C[C@@H]1CCCN2CCCC[C@H]12)C(=O)NC[C@H]1COc2ccccc2O1. The molecule has 3 aliphatic heterocycles. The van der Waals surface area contributed by atoms with Crippen molar-refractivity contribution in [2.45, 2.75) is 50.7 Å². The van der Waals surface area contributed by atoms with E-state index in [4.69, 9.17) is 14.2 Å². The normalized spacial score (nSPS) is 25.5. The van der Waals surface area contributed by atoms with Crippen LogP contribution in [0.2, 0.25) is 0 Å². The summed E-state index contributed by atoms with van der Waals surface area (Å²) in [6.07, 6.45) is 7.02. The molecule has 0 bridgehead atoms. The van der Waals surface area contributed by atoms with Gasteiger partial charge in [0.2, 0.25) is 0 Å². The quantitative estimate of drug-likeness (QED) is 0.641. The van der Waals surface area contributed by atoms with Gasteiger partial charge in [-0.1, -0.05) is 18.6 Å². The lowest BCUT2D eigenvalue weighted by Gasteiger charge is -2.45. The van der Waals surface area contributed by atoms with Crippen LogP contribution in [0, 0.1) is 5.92 Å². The van der Waals surface area contributed by atoms with E-state index in [0.717, 1.165) is 24.5 Å². The highest BCUT2D eigenvalue weighted by molar-refractivity contribution is 5.74. The van der Waals surface area contributed by atoms with Gasteiger partial charge in [-0.15, -0.1) is 0 Å². The third-order valence-electron chi connectivity index (χ3n) is 6.80. The number of hydrogen-bond donors (Lipinski definition) is 1. The number of piperidine rings is 2. The zero-order chi connectivity index (χ0) is 21.5. The second kappa shape index (κ2) is 11.0. The average Bonchev–Trinajstić information content (AvgIpc) is 2.82. The fourth-order valence-electron chi connectivity index (χ4n) is 5.23. The molecule has 0 aromatic heterocycles. The molecule has 0 saturated carbocycles. The summed E-state index contributed by atoms with van der Waals surface area (Å²) in [6, 6.07) is 8.29. The molecule has 2 saturated heterocycles. The number of benzene rings is 1. The highest BCUT2D eigenvalue weighted by atomic mass is 16.6. The van der Waals surface area contributed by atoms with E-state index in [1.807, 2.05) is 29.2 Å². The van der Waals surface area contributed by atoms with Crippen LogP contribution in [0.3, 0.4) is 0 Å². The van der Waals surface area contributed by atoms with Crippen LogP contribution in [-0.4, -0.2) is 81.0 Å². The van der Waals surface area contributed by atoms with E-state index >= 15 is 0 Å². The summed E-state index contributed by atoms with van der Waals surface area (Å²) in [5.74, 6) is 2.06. The molecule has 0 unspecified atom stereocenters. The Morgan fingerprint density at radius 1 is 1.19 bits per heavy atom. The van der Waals surface area contributed by atoms with Crippen LogP contribution >= 0.6 is 0 Å². The van der Waals surface area contributed by atoms with Crippen LogP contribution in [-0.2, 0) is 4.74 Å². The highest BCUT2D eigenvalue weighted by Gasteiger charge is 2.34. The largest absolute Gasteiger partial charge is 0.486 e. The summed E-state index contributed by atoms with van der Waals surface area (Å²) >= 11 is 0. The molecule has 1 aromatic carbocycles. The van der Waals surface area contributed by atoms with E-state index in [1.54, 1.807) is 7.11 Å². The molecule has 2 fully saturated rings. The number of nitrogens with one attached hydrogen (secondary N) is 1. The fraction of sp³-hybridized carbons (Fsp3) is 0.708. The molecule has 0 radical (unpaired) electrons. The maximum Gasteiger partial charge on any atom is 0.317 e. The molecule has 7 heteroatoms. The number of ether oxygens (including phenoxy) is 3. The van der Waals surface area contributed by atoms with Gasteiger partial charge in [-0.3, -0.25) is 0 Å². The Balaban J connectivity index is 1.32. The fourth-order valence-corrected chi connectivity index (χ4v) is 5.23. The first kappa shape index (κ1) is 22.2. The zero-order valence-electron chi connectivity index (χ0n) is 18.8. The number of fused-ring (bicyclic) bond motifs is 2. The van der Waals surface area contributed by atoms with Crippen LogP contribution < -0.4 is 14.8 Å². The van der Waals surface area contributed by atoms with Crippen molar-refractivity contribution in [2.75, 3.05) is 53.0 Å². The lowest BCUT2D eigenvalue weighted by Crippen LogP contribution is -2.53. The Labute approximate surface area is 186 Å². The summed E-state index contributed by atoms with van der Waals surface area (Å²) in [5, 5.41) is 3.10. The summed E-state index contributed by atoms with van der Waals surface area (Å²) in [6.45, 7) is 5.53. The highest BCUT2D eigenvalue weighted by Crippen LogP contribution is 2.32. The molecule has 31 heavy (non-hydrogen) atoms. The lowest BCUT2D eigenvalue weighted by molar-refractivity contribution is 0.0438. The number of hydrogen-bond acceptors (Lipinski definition) is 5. The molecule has 4 rings (SSSR count). The van der Waals surface area contributed by atoms with Gasteiger partial charge in [-0.25, -0.2) is 4.79 Å². The number of carbonyl (C=O) groups excluding carboxylic acids is 1. The van der Waals surface area contributed by atoms with Gasteiger partial charge in [-0.05, 0) is 63.2 Å². The van der Waals surface area contributed by atoms with Gasteiger partial charge in [0.25, 0.3) is 0 Å². The standard InChI is InChI=1S/C24H37N3O4/c1-29-15-7-14-27(17-19-8-6-13-26-12-5-4-9-21(19)26)24(28)25-16-20-18-30-22-10-2-3-11-23(22)31-20/h2-3,10-11,19-21H,4-9,12-18H2,1H3,(H,25,28)/t19-,20-,21+/m0/s1. The molecule has 1 N–H and O–H groups in total. The lowest BCUT2D eigenvalue weighted by atomic mass is 9.83. The number of rotatable bonds is 8. The molecule has 7 nitrogen and oxygen atoms in total. The van der Waals surface area contributed by atoms with Crippen LogP contribution in [0.15, 0.2) is 24.3 Å². The number of methoxy groups -OCH3 is 1. The van der Waals surface area contributed by atoms with Crippen LogP contribution in [0.5, 0.6) is 11.5 Å². The Kier molecular flexibility index (Phi) is 7.92. The van der Waals surface area contributed by atoms with Crippen molar-refractivity contribution in [1.29, 1.82) is 0 Å². The number of amides is 2. The number of nitrogens with zero attached hydrogens (tertiary/aromatic N) is 2. The van der Waals surface area contributed by atoms with Crippen molar-refractivity contribution in [3.63, 3.8) is 0 Å². The minimum Gasteiger partial charge on any atom is -0.486 e. The van der Waals surface area contributed by atoms with Gasteiger partial charge in [-0.2, -0.15) is 0 Å². The van der Waals surface area contributed by atoms with Gasteiger partial charge in [0.1, 0.15) is 6.61 Å². The second-order valence-corrected chi connectivity index (χ2v) is 8.98. The van der Waals surface area contributed by atoms with Crippen molar-refractivity contribution in [3.8, 4) is 11.5 Å². The predicted molar refractivity (Wildman–Crippen MR) is 120 cm³/mol. The maximum absolute atomic E-state index is 13.1. The number of carbonyl (C=O) groups is 1. The third-order valence-corrected chi connectivity index (χ3v) is 6.80. The molecule has 3 heterocycles. The van der Waals surface area contributed by atoms with Crippen LogP contribution in [0.4, 0.5) is 4.79 Å². The van der Waals surface area contributed by atoms with Crippen molar-refractivity contribution >= 4 is 6.03 Å². The minimum absolute atomic E-state index is 0.00788. The van der Waals surface area contributed by atoms with Crippen LogP contribution in [0.25, 0.3) is 0 Å². The predicted octanol–water partition coefficient (Wildman–Crippen LogP) is 3.14. The first-order chi connectivity index (χ1) is 15.2. The molecule has 2 amide bonds. The molecule has 3 aliphatic rings. The first-order valence-electron chi connectivity index (χ1n) is 11.9. The van der Waals surface area contributed by atoms with Gasteiger partial charge in [0.05, 0.1) is 6.54 Å². The topological polar surface area (TPSA) is 63.3 Å². The summed E-state index contributed by atoms with van der Waals surface area (Å²) < 4.78 is 17.0. The van der Waals surface area contributed by atoms with Crippen molar-refractivity contribution < 1.29 is 19.0 Å². The van der Waals surface area contributed by atoms with E-state index < -0.39 is 0 Å². The van der Waals surface area contributed by atoms with Gasteiger partial charge >= 0.3 is 6.03 Å². The smallest absolute Gasteiger partial charge is 0.317 e. The third kappa shape index (κ3) is 5.83. The van der Waals surface area contributed by atoms with Crippen LogP contribution in [0.1, 0.15) is 38.5 Å². The van der Waals surface area contributed by atoms with E-state index in [2.05, 4.69) is 10.2 Å². The van der Waals surface area contributed by atoms with E-state index in [0.29, 0.717) is 38.3 Å². The second-order valence-electron chi connectivity index (χ2n) is 8.98. The molecular formula is C24H37N3O4. The molecule has 172 valence electrons. The Morgan fingerprint density at radius 3 is 2.90 bits per heavy atom. The summed E-state index contributed by atoms with van der Waals surface area (Å²) in [7, 11) is 1.71. The van der Waals surface area contributed by atoms with Crippen molar-refractivity contribution in [2.24, 2.45) is 5.92 Å². The maximum atomic E-state index is 13.1. The van der Waals surface area contributed by atoms with Crippen molar-refractivity contribution in [1.82, 2.24) is 15.1 Å². The minimum atomic E-state index is -0.178. The average molecular weight is 432 g/mol. The van der Waals surface area contributed by atoms with Crippen molar-refractivity contribution in [3.05, 3.63) is 24.3 Å². The van der Waals surface area contributed by atoms with E-state index in [9.17, 15) is 4.79 Å². The molecule has 0 aliphatic carbocycles. The monoisotopic (exact) mass is 431 g/mol. The Hall–Kier alpha value is -1.99. The summed E-state index contributed by atoms with van der Waals surface area (Å²) in [5.41, 5.74) is 0. The van der Waals surface area contributed by atoms with Gasteiger partial charge in [0, 0.05) is 32.8 Å². The van der Waals surface area contributed by atoms with E-state index in [-0.39, 0.29) is 12.1 Å². The first-order valence-corrected chi connectivity index (χ1v) is 11.9. The number of urea groups is 1. The zero-order valence-corrected chi connectivity index (χ0v) is 18.8. The number of para-hydroxylation sites is 2. The Morgan fingerprint density at radius 2 is 2.03 bits per heavy atom. The molecule has 1 aromatic rings.